The Bertz CT molecular complexity index is 2740. The average Bonchev–Trinajstić information content (AvgIpc) is 3.64. The largest absolute Gasteiger partial charge is 0.436 e. The van der Waals surface area contributed by atoms with E-state index in [1.54, 1.807) is 0 Å². The third kappa shape index (κ3) is 5.10. The molecule has 2 unspecified atom stereocenters. The zero-order valence-corrected chi connectivity index (χ0v) is 27.5. The summed E-state index contributed by atoms with van der Waals surface area (Å²) in [5.74, 6) is 1.00. The highest BCUT2D eigenvalue weighted by molar-refractivity contribution is 6.01. The number of para-hydroxylation sites is 2. The van der Waals surface area contributed by atoms with E-state index in [1.165, 1.54) is 5.57 Å². The van der Waals surface area contributed by atoms with Gasteiger partial charge in [-0.15, -0.1) is 0 Å². The summed E-state index contributed by atoms with van der Waals surface area (Å²) in [5.41, 5.74) is 11.2. The maximum absolute atomic E-state index is 6.46. The molecule has 5 nitrogen and oxygen atoms in total. The quantitative estimate of drug-likeness (QED) is 0.185. The van der Waals surface area contributed by atoms with Crippen LogP contribution in [-0.4, -0.2) is 21.2 Å². The Morgan fingerprint density at radius 3 is 2.08 bits per heavy atom. The number of hydrogen-bond acceptors (Lipinski definition) is 5. The number of pyridine rings is 2. The van der Waals surface area contributed by atoms with Crippen molar-refractivity contribution < 1.29 is 4.42 Å². The minimum Gasteiger partial charge on any atom is -0.436 e. The van der Waals surface area contributed by atoms with Crippen molar-refractivity contribution in [2.24, 2.45) is 16.8 Å². The molecule has 10 rings (SSSR count). The molecule has 2 aliphatic rings. The Morgan fingerprint density at radius 2 is 1.24 bits per heavy atom. The van der Waals surface area contributed by atoms with Crippen molar-refractivity contribution in [3.05, 3.63) is 170 Å². The number of nitrogens with zero attached hydrogens (tertiary/aromatic N) is 4. The zero-order chi connectivity index (χ0) is 33.7. The summed E-state index contributed by atoms with van der Waals surface area (Å²) in [6.45, 7) is 0. The maximum Gasteiger partial charge on any atom is 0.227 e. The van der Waals surface area contributed by atoms with Crippen LogP contribution in [0.4, 0.5) is 0 Å². The van der Waals surface area contributed by atoms with Crippen LogP contribution in [0.1, 0.15) is 5.56 Å². The average molecular weight is 655 g/mol. The first kappa shape index (κ1) is 29.2. The van der Waals surface area contributed by atoms with E-state index in [1.807, 2.05) is 67.5 Å². The van der Waals surface area contributed by atoms with Crippen molar-refractivity contribution >= 4 is 44.4 Å². The molecule has 1 aliphatic heterocycles. The van der Waals surface area contributed by atoms with Crippen molar-refractivity contribution in [3.8, 4) is 44.8 Å². The second-order valence-corrected chi connectivity index (χ2v) is 13.1. The predicted octanol–water partition coefficient (Wildman–Crippen LogP) is 11.4. The summed E-state index contributed by atoms with van der Waals surface area (Å²) >= 11 is 0. The van der Waals surface area contributed by atoms with E-state index in [0.717, 1.165) is 77.2 Å². The molecule has 4 heterocycles. The van der Waals surface area contributed by atoms with Crippen molar-refractivity contribution in [2.75, 3.05) is 0 Å². The highest BCUT2D eigenvalue weighted by atomic mass is 16.3. The van der Waals surface area contributed by atoms with Crippen LogP contribution in [0.5, 0.6) is 0 Å². The lowest BCUT2D eigenvalue weighted by atomic mass is 9.78. The first-order valence-electron chi connectivity index (χ1n) is 17.2. The van der Waals surface area contributed by atoms with Crippen LogP contribution in [-0.2, 0) is 0 Å². The van der Waals surface area contributed by atoms with E-state index in [-0.39, 0.29) is 11.8 Å². The number of benzene rings is 5. The van der Waals surface area contributed by atoms with Gasteiger partial charge in [0.25, 0.3) is 0 Å². The van der Waals surface area contributed by atoms with Gasteiger partial charge in [-0.25, -0.2) is 4.98 Å². The van der Waals surface area contributed by atoms with Crippen molar-refractivity contribution in [1.29, 1.82) is 0 Å². The van der Waals surface area contributed by atoms with Crippen molar-refractivity contribution in [2.45, 2.75) is 0 Å². The molecule has 2 atom stereocenters. The van der Waals surface area contributed by atoms with Gasteiger partial charge in [-0.05, 0) is 80.6 Å². The van der Waals surface area contributed by atoms with Gasteiger partial charge in [-0.2, -0.15) is 0 Å². The molecular formula is C46H30N4O. The third-order valence-corrected chi connectivity index (χ3v) is 10.1. The number of oxazole rings is 1. The standard InChI is InChI=1S/C46H30N4O/c1-4-12-36-30(9-1)23-47-26-41(36)34-19-33(20-35(21-34)42-27-48-24-31-10-2-5-13-37(31)42)29-17-18-39(43-28-49-25-32-11-3-6-14-38(32)43)40(22-29)46-50-44-15-7-8-16-45(44)51-46/h1-28,30,36H. The van der Waals surface area contributed by atoms with E-state index in [2.05, 4.69) is 113 Å². The summed E-state index contributed by atoms with van der Waals surface area (Å²) in [4.78, 5) is 19.0. The fourth-order valence-electron chi connectivity index (χ4n) is 7.57. The number of hydrogen-bond donors (Lipinski definition) is 0. The van der Waals surface area contributed by atoms with Gasteiger partial charge in [-0.1, -0.05) is 97.1 Å². The summed E-state index contributed by atoms with van der Waals surface area (Å²) in [6.07, 6.45) is 20.6. The highest BCUT2D eigenvalue weighted by Gasteiger charge is 2.26. The first-order chi connectivity index (χ1) is 25.3. The van der Waals surface area contributed by atoms with Crippen LogP contribution in [0.25, 0.3) is 83.1 Å². The molecule has 0 fully saturated rings. The monoisotopic (exact) mass is 654 g/mol. The summed E-state index contributed by atoms with van der Waals surface area (Å²) in [7, 11) is 0. The molecular weight excluding hydrogens is 625 g/mol. The first-order valence-corrected chi connectivity index (χ1v) is 17.2. The van der Waals surface area contributed by atoms with Gasteiger partial charge in [-0.3, -0.25) is 15.0 Å². The van der Waals surface area contributed by atoms with Crippen molar-refractivity contribution in [3.63, 3.8) is 0 Å². The maximum atomic E-state index is 6.46. The molecule has 0 radical (unpaired) electrons. The number of allylic oxidation sites excluding steroid dienone is 5. The molecule has 8 aromatic rings. The lowest BCUT2D eigenvalue weighted by molar-refractivity contribution is 0.620. The number of fused-ring (bicyclic) bond motifs is 4. The molecule has 0 N–H and O–H groups in total. The van der Waals surface area contributed by atoms with E-state index < -0.39 is 0 Å². The van der Waals surface area contributed by atoms with E-state index in [0.29, 0.717) is 5.89 Å². The van der Waals surface area contributed by atoms with Crippen LogP contribution in [0, 0.1) is 11.8 Å². The fourth-order valence-corrected chi connectivity index (χ4v) is 7.57. The second kappa shape index (κ2) is 12.0. The second-order valence-electron chi connectivity index (χ2n) is 13.1. The van der Waals surface area contributed by atoms with Gasteiger partial charge in [0.05, 0.1) is 0 Å². The van der Waals surface area contributed by atoms with Crippen LogP contribution >= 0.6 is 0 Å². The normalized spacial score (nSPS) is 16.5. The smallest absolute Gasteiger partial charge is 0.227 e. The molecule has 0 saturated heterocycles. The molecule has 0 spiro atoms. The Balaban J connectivity index is 1.21. The number of rotatable bonds is 5. The Hall–Kier alpha value is -6.72. The topological polar surface area (TPSA) is 64.2 Å². The van der Waals surface area contributed by atoms with Gasteiger partial charge < -0.3 is 4.42 Å². The summed E-state index contributed by atoms with van der Waals surface area (Å²) in [5, 5.41) is 4.47. The molecule has 1 aliphatic carbocycles. The Morgan fingerprint density at radius 1 is 0.529 bits per heavy atom. The van der Waals surface area contributed by atoms with Crippen molar-refractivity contribution in [1.82, 2.24) is 15.0 Å². The van der Waals surface area contributed by atoms with Crippen LogP contribution in [0.2, 0.25) is 0 Å². The van der Waals surface area contributed by atoms with Crippen LogP contribution in [0.15, 0.2) is 174 Å². The van der Waals surface area contributed by atoms with Gasteiger partial charge in [0.2, 0.25) is 5.89 Å². The van der Waals surface area contributed by atoms with Gasteiger partial charge in [0.15, 0.2) is 5.58 Å². The number of aromatic nitrogens is 3. The van der Waals surface area contributed by atoms with Gasteiger partial charge in [0, 0.05) is 76.5 Å². The molecule has 0 bridgehead atoms. The van der Waals surface area contributed by atoms with E-state index in [4.69, 9.17) is 14.4 Å². The van der Waals surface area contributed by atoms with E-state index >= 15 is 0 Å². The highest BCUT2D eigenvalue weighted by Crippen LogP contribution is 2.43. The minimum atomic E-state index is 0.206. The molecule has 0 amide bonds. The molecule has 51 heavy (non-hydrogen) atoms. The SMILES string of the molecule is C1=CC2C=NC=C(c3cc(-c4ccc(-c5cncc6ccccc56)c(-c5nc6ccccc6o5)c4)cc(-c4cncc5ccccc45)c3)C2C=C1. The Labute approximate surface area is 294 Å². The molecule has 5 heteroatoms. The lowest BCUT2D eigenvalue weighted by Crippen LogP contribution is -2.18. The molecule has 5 aromatic carbocycles. The van der Waals surface area contributed by atoms with E-state index in [9.17, 15) is 0 Å². The third-order valence-electron chi connectivity index (χ3n) is 10.1. The molecule has 3 aromatic heterocycles. The Kier molecular flexibility index (Phi) is 6.88. The molecule has 240 valence electrons. The fraction of sp³-hybridized carbons (Fsp3) is 0.0435. The van der Waals surface area contributed by atoms with Crippen LogP contribution < -0.4 is 0 Å². The van der Waals surface area contributed by atoms with Gasteiger partial charge in [0.1, 0.15) is 5.52 Å². The molecule has 0 saturated carbocycles. The van der Waals surface area contributed by atoms with Gasteiger partial charge >= 0.3 is 0 Å². The summed E-state index contributed by atoms with van der Waals surface area (Å²) < 4.78 is 6.46. The predicted molar refractivity (Wildman–Crippen MR) is 208 cm³/mol. The zero-order valence-electron chi connectivity index (χ0n) is 27.5. The van der Waals surface area contributed by atoms with Crippen LogP contribution in [0.3, 0.4) is 0 Å². The minimum absolute atomic E-state index is 0.206. The summed E-state index contributed by atoms with van der Waals surface area (Å²) in [6, 6.07) is 38.2. The lowest BCUT2D eigenvalue weighted by Gasteiger charge is -2.27. The number of aliphatic imine (C=N–C) groups is 1.